The number of hydrogen-bond acceptors (Lipinski definition) is 4. The van der Waals surface area contributed by atoms with Gasteiger partial charge in [0.1, 0.15) is 11.5 Å². The van der Waals surface area contributed by atoms with Crippen LogP contribution < -0.4 is 14.8 Å². The Labute approximate surface area is 111 Å². The van der Waals surface area contributed by atoms with Crippen LogP contribution in [0.1, 0.15) is 4.88 Å². The highest BCUT2D eigenvalue weighted by atomic mass is 32.1. The first-order chi connectivity index (χ1) is 8.78. The Balaban J connectivity index is 2.40. The minimum Gasteiger partial charge on any atom is -0.497 e. The fourth-order valence-corrected chi connectivity index (χ4v) is 2.72. The molecule has 1 N–H and O–H groups in total. The summed E-state index contributed by atoms with van der Waals surface area (Å²) in [5, 5.41) is 5.30. The molecule has 0 aliphatic heterocycles. The van der Waals surface area contributed by atoms with E-state index in [-0.39, 0.29) is 0 Å². The van der Waals surface area contributed by atoms with E-state index in [1.165, 1.54) is 10.4 Å². The van der Waals surface area contributed by atoms with Crippen molar-refractivity contribution in [2.24, 2.45) is 0 Å². The molecule has 0 saturated heterocycles. The number of nitrogens with one attached hydrogen (secondary N) is 1. The van der Waals surface area contributed by atoms with Crippen LogP contribution in [0.25, 0.3) is 11.1 Å². The van der Waals surface area contributed by atoms with E-state index in [2.05, 4.69) is 16.8 Å². The van der Waals surface area contributed by atoms with Gasteiger partial charge in [-0.15, -0.1) is 11.3 Å². The second-order valence-electron chi connectivity index (χ2n) is 3.90. The Bertz CT molecular complexity index is 522. The summed E-state index contributed by atoms with van der Waals surface area (Å²) < 4.78 is 10.7. The van der Waals surface area contributed by atoms with Crippen molar-refractivity contribution in [2.75, 3.05) is 21.3 Å². The molecule has 0 fully saturated rings. The van der Waals surface area contributed by atoms with Crippen LogP contribution in [0.3, 0.4) is 0 Å². The Morgan fingerprint density at radius 2 is 2.00 bits per heavy atom. The van der Waals surface area contributed by atoms with Gasteiger partial charge in [0, 0.05) is 17.0 Å². The lowest BCUT2D eigenvalue weighted by Crippen LogP contribution is -2.02. The number of rotatable bonds is 5. The molecule has 3 nitrogen and oxygen atoms in total. The summed E-state index contributed by atoms with van der Waals surface area (Å²) in [5.41, 5.74) is 2.23. The van der Waals surface area contributed by atoms with Crippen LogP contribution in [0.4, 0.5) is 0 Å². The predicted octanol–water partition coefficient (Wildman–Crippen LogP) is 3.15. The molecule has 0 atom stereocenters. The minimum atomic E-state index is 0.840. The minimum absolute atomic E-state index is 0.840. The molecular formula is C14H17NO2S. The lowest BCUT2D eigenvalue weighted by atomic mass is 10.1. The first-order valence-electron chi connectivity index (χ1n) is 5.73. The van der Waals surface area contributed by atoms with Crippen LogP contribution >= 0.6 is 11.3 Å². The SMILES string of the molecule is CNCc1cc(-c2cc(OC)ccc2OC)cs1. The number of hydrogen-bond donors (Lipinski definition) is 1. The molecule has 0 aliphatic carbocycles. The van der Waals surface area contributed by atoms with Gasteiger partial charge in [0.05, 0.1) is 14.2 Å². The summed E-state index contributed by atoms with van der Waals surface area (Å²) in [7, 11) is 5.31. The molecular weight excluding hydrogens is 246 g/mol. The van der Waals surface area contributed by atoms with Gasteiger partial charge in [-0.3, -0.25) is 0 Å². The maximum atomic E-state index is 5.40. The first kappa shape index (κ1) is 12.9. The highest BCUT2D eigenvalue weighted by Gasteiger charge is 2.09. The fourth-order valence-electron chi connectivity index (χ4n) is 1.83. The van der Waals surface area contributed by atoms with Gasteiger partial charge in [0.2, 0.25) is 0 Å². The van der Waals surface area contributed by atoms with E-state index in [9.17, 15) is 0 Å². The molecule has 18 heavy (non-hydrogen) atoms. The second kappa shape index (κ2) is 5.89. The van der Waals surface area contributed by atoms with E-state index in [1.54, 1.807) is 25.6 Å². The third-order valence-electron chi connectivity index (χ3n) is 2.72. The highest BCUT2D eigenvalue weighted by molar-refractivity contribution is 7.10. The second-order valence-corrected chi connectivity index (χ2v) is 4.89. The summed E-state index contributed by atoms with van der Waals surface area (Å²) in [6.45, 7) is 0.886. The van der Waals surface area contributed by atoms with E-state index in [1.807, 2.05) is 25.2 Å². The van der Waals surface area contributed by atoms with Gasteiger partial charge in [-0.25, -0.2) is 0 Å². The van der Waals surface area contributed by atoms with Gasteiger partial charge in [0.15, 0.2) is 0 Å². The molecule has 1 aromatic carbocycles. The van der Waals surface area contributed by atoms with Crippen molar-refractivity contribution in [3.05, 3.63) is 34.5 Å². The fraction of sp³-hybridized carbons (Fsp3) is 0.286. The van der Waals surface area contributed by atoms with Crippen molar-refractivity contribution >= 4 is 11.3 Å². The Morgan fingerprint density at radius 1 is 1.17 bits per heavy atom. The van der Waals surface area contributed by atoms with Gasteiger partial charge in [-0.2, -0.15) is 0 Å². The Kier molecular flexibility index (Phi) is 4.23. The maximum absolute atomic E-state index is 5.40. The molecule has 0 saturated carbocycles. The van der Waals surface area contributed by atoms with Crippen LogP contribution in [0.5, 0.6) is 11.5 Å². The predicted molar refractivity (Wildman–Crippen MR) is 75.6 cm³/mol. The molecule has 0 aliphatic rings. The highest BCUT2D eigenvalue weighted by Crippen LogP contribution is 2.35. The number of ether oxygens (including phenoxy) is 2. The van der Waals surface area contributed by atoms with Crippen molar-refractivity contribution in [1.82, 2.24) is 5.32 Å². The average Bonchev–Trinajstić information content (AvgIpc) is 2.87. The summed E-state index contributed by atoms with van der Waals surface area (Å²) in [6, 6.07) is 8.02. The molecule has 1 heterocycles. The molecule has 0 bridgehead atoms. The number of benzene rings is 1. The van der Waals surface area contributed by atoms with Crippen molar-refractivity contribution in [2.45, 2.75) is 6.54 Å². The van der Waals surface area contributed by atoms with Gasteiger partial charge in [0.25, 0.3) is 0 Å². The quantitative estimate of drug-likeness (QED) is 0.899. The molecule has 0 unspecified atom stereocenters. The van der Waals surface area contributed by atoms with Crippen LogP contribution in [0, 0.1) is 0 Å². The van der Waals surface area contributed by atoms with E-state index < -0.39 is 0 Å². The first-order valence-corrected chi connectivity index (χ1v) is 6.61. The van der Waals surface area contributed by atoms with Gasteiger partial charge < -0.3 is 14.8 Å². The zero-order valence-electron chi connectivity index (χ0n) is 10.8. The Morgan fingerprint density at radius 3 is 2.67 bits per heavy atom. The zero-order chi connectivity index (χ0) is 13.0. The van der Waals surface area contributed by atoms with Crippen LogP contribution in [-0.2, 0) is 6.54 Å². The molecule has 2 aromatic rings. The van der Waals surface area contributed by atoms with Crippen LogP contribution in [0.15, 0.2) is 29.6 Å². The van der Waals surface area contributed by atoms with E-state index >= 15 is 0 Å². The third kappa shape index (κ3) is 2.66. The summed E-state index contributed by atoms with van der Waals surface area (Å²) in [4.78, 5) is 1.30. The molecule has 2 rings (SSSR count). The number of methoxy groups -OCH3 is 2. The van der Waals surface area contributed by atoms with E-state index in [0.29, 0.717) is 0 Å². The standard InChI is InChI=1S/C14H17NO2S/c1-15-8-12-6-10(9-18-12)13-7-11(16-2)4-5-14(13)17-3/h4-7,9,15H,8H2,1-3H3. The van der Waals surface area contributed by atoms with E-state index in [0.717, 1.165) is 23.6 Å². The summed E-state index contributed by atoms with van der Waals surface area (Å²) in [5.74, 6) is 1.71. The van der Waals surface area contributed by atoms with Crippen molar-refractivity contribution in [3.8, 4) is 22.6 Å². The smallest absolute Gasteiger partial charge is 0.126 e. The van der Waals surface area contributed by atoms with Gasteiger partial charge >= 0.3 is 0 Å². The lowest BCUT2D eigenvalue weighted by Gasteiger charge is -2.09. The van der Waals surface area contributed by atoms with Crippen molar-refractivity contribution < 1.29 is 9.47 Å². The largest absolute Gasteiger partial charge is 0.497 e. The van der Waals surface area contributed by atoms with Gasteiger partial charge in [-0.1, -0.05) is 0 Å². The lowest BCUT2D eigenvalue weighted by molar-refractivity contribution is 0.404. The molecule has 0 spiro atoms. The average molecular weight is 263 g/mol. The van der Waals surface area contributed by atoms with Crippen molar-refractivity contribution in [3.63, 3.8) is 0 Å². The summed E-state index contributed by atoms with van der Waals surface area (Å²) >= 11 is 1.74. The maximum Gasteiger partial charge on any atom is 0.126 e. The number of thiophene rings is 1. The van der Waals surface area contributed by atoms with Crippen molar-refractivity contribution in [1.29, 1.82) is 0 Å². The third-order valence-corrected chi connectivity index (χ3v) is 3.66. The van der Waals surface area contributed by atoms with Gasteiger partial charge in [-0.05, 0) is 42.3 Å². The Hall–Kier alpha value is -1.52. The molecule has 4 heteroatoms. The molecule has 1 aromatic heterocycles. The van der Waals surface area contributed by atoms with E-state index in [4.69, 9.17) is 9.47 Å². The molecule has 96 valence electrons. The van der Waals surface area contributed by atoms with Crippen LogP contribution in [-0.4, -0.2) is 21.3 Å². The molecule has 0 radical (unpaired) electrons. The molecule has 0 amide bonds. The normalized spacial score (nSPS) is 10.4. The zero-order valence-corrected chi connectivity index (χ0v) is 11.6. The summed E-state index contributed by atoms with van der Waals surface area (Å²) in [6.07, 6.45) is 0. The monoisotopic (exact) mass is 263 g/mol. The van der Waals surface area contributed by atoms with Crippen LogP contribution in [0.2, 0.25) is 0 Å². The topological polar surface area (TPSA) is 30.5 Å².